The van der Waals surface area contributed by atoms with Gasteiger partial charge in [-0.15, -0.1) is 0 Å². The topological polar surface area (TPSA) is 80.7 Å². The molecular weight excluding hydrogens is 475 g/mol. The maximum atomic E-state index is 12.9. The number of pyridine rings is 2. The largest absolute Gasteiger partial charge is 0.433 e. The second-order valence-corrected chi connectivity index (χ2v) is 8.08. The number of hydrogen-bond acceptors (Lipinski definition) is 6. The van der Waals surface area contributed by atoms with Crippen molar-refractivity contribution in [3.05, 3.63) is 71.3 Å². The molecule has 6 nitrogen and oxygen atoms in total. The highest BCUT2D eigenvalue weighted by Crippen LogP contribution is 2.31. The summed E-state index contributed by atoms with van der Waals surface area (Å²) < 4.78 is 38.8. The maximum Gasteiger partial charge on any atom is 0.433 e. The van der Waals surface area contributed by atoms with Gasteiger partial charge in [0.2, 0.25) is 0 Å². The minimum absolute atomic E-state index is 0.134. The Morgan fingerprint density at radius 2 is 1.71 bits per heavy atom. The third-order valence-electron chi connectivity index (χ3n) is 5.02. The summed E-state index contributed by atoms with van der Waals surface area (Å²) in [6.45, 7) is 7.80. The van der Waals surface area contributed by atoms with Gasteiger partial charge in [-0.3, -0.25) is 9.78 Å². The second kappa shape index (κ2) is 10.8. The Hall–Kier alpha value is -3.53. The van der Waals surface area contributed by atoms with Gasteiger partial charge in [-0.25, -0.2) is 15.0 Å². The zero-order chi connectivity index (χ0) is 25.8. The quantitative estimate of drug-likeness (QED) is 0.248. The lowest BCUT2D eigenvalue weighted by atomic mass is 9.98. The summed E-state index contributed by atoms with van der Waals surface area (Å²) in [7, 11) is 0. The molecule has 0 aliphatic rings. The summed E-state index contributed by atoms with van der Waals surface area (Å²) in [6, 6.07) is 9.20. The maximum absolute atomic E-state index is 12.9. The molecule has 0 aliphatic heterocycles. The summed E-state index contributed by atoms with van der Waals surface area (Å²) in [5, 5.41) is 4.07. The molecule has 0 bridgehead atoms. The smallest absolute Gasteiger partial charge is 0.322 e. The van der Waals surface area contributed by atoms with Gasteiger partial charge < -0.3 is 5.32 Å². The standard InChI is InChI=1S/C23H18F3N5OS.C2H6/c1-12-4-5-16(30-21(32)14-6-7-27-19(9-14)23(24,25)26)10-17(12)18-8-15-11-28-22(33-3)31-20(15)29-13(18)2;1-2/h4-11H,1-3H3,(H,30,32);1-2H3. The summed E-state index contributed by atoms with van der Waals surface area (Å²) in [4.78, 5) is 29.2. The summed E-state index contributed by atoms with van der Waals surface area (Å²) in [6.07, 6.45) is -0.0602. The van der Waals surface area contributed by atoms with Crippen LogP contribution in [0.5, 0.6) is 0 Å². The van der Waals surface area contributed by atoms with Crippen LogP contribution >= 0.6 is 11.8 Å². The number of fused-ring (bicyclic) bond motifs is 1. The number of nitrogens with zero attached hydrogens (tertiary/aromatic N) is 4. The zero-order valence-electron chi connectivity index (χ0n) is 19.9. The molecule has 4 rings (SSSR count). The molecule has 0 fully saturated rings. The van der Waals surface area contributed by atoms with E-state index in [-0.39, 0.29) is 5.56 Å². The Labute approximate surface area is 205 Å². The van der Waals surface area contributed by atoms with Gasteiger partial charge in [-0.05, 0) is 61.6 Å². The van der Waals surface area contributed by atoms with E-state index < -0.39 is 17.8 Å². The number of aryl methyl sites for hydroxylation is 2. The predicted octanol–water partition coefficient (Wildman–Crippen LogP) is 6.72. The minimum atomic E-state index is -4.63. The number of halogens is 3. The molecule has 0 radical (unpaired) electrons. The molecule has 10 heteroatoms. The first-order valence-electron chi connectivity index (χ1n) is 10.8. The Morgan fingerprint density at radius 3 is 2.40 bits per heavy atom. The van der Waals surface area contributed by atoms with Gasteiger partial charge in [0.1, 0.15) is 5.69 Å². The average molecular weight is 500 g/mol. The van der Waals surface area contributed by atoms with Crippen LogP contribution in [0.4, 0.5) is 18.9 Å². The van der Waals surface area contributed by atoms with E-state index in [2.05, 4.69) is 25.3 Å². The second-order valence-electron chi connectivity index (χ2n) is 7.30. The van der Waals surface area contributed by atoms with Crippen LogP contribution in [-0.4, -0.2) is 32.1 Å². The molecule has 0 aliphatic carbocycles. The number of carbonyl (C=O) groups is 1. The molecule has 1 N–H and O–H groups in total. The minimum Gasteiger partial charge on any atom is -0.322 e. The lowest BCUT2D eigenvalue weighted by molar-refractivity contribution is -0.141. The lowest BCUT2D eigenvalue weighted by Crippen LogP contribution is -2.15. The monoisotopic (exact) mass is 499 g/mol. The van der Waals surface area contributed by atoms with E-state index in [0.717, 1.165) is 40.0 Å². The van der Waals surface area contributed by atoms with Gasteiger partial charge in [-0.2, -0.15) is 13.2 Å². The Morgan fingerprint density at radius 1 is 0.971 bits per heavy atom. The number of hydrogen-bond donors (Lipinski definition) is 1. The van der Waals surface area contributed by atoms with E-state index in [9.17, 15) is 18.0 Å². The SMILES string of the molecule is CC.CSc1ncc2cc(-c3cc(NC(=O)c4ccnc(C(F)(F)F)c4)ccc3C)c(C)nc2n1. The van der Waals surface area contributed by atoms with Gasteiger partial charge in [0, 0.05) is 40.3 Å². The van der Waals surface area contributed by atoms with Crippen LogP contribution in [0.25, 0.3) is 22.2 Å². The van der Waals surface area contributed by atoms with Crippen LogP contribution in [-0.2, 0) is 6.18 Å². The fourth-order valence-corrected chi connectivity index (χ4v) is 3.66. The molecule has 1 amide bonds. The van der Waals surface area contributed by atoms with Crippen molar-refractivity contribution in [2.75, 3.05) is 11.6 Å². The van der Waals surface area contributed by atoms with Gasteiger partial charge in [0.15, 0.2) is 10.8 Å². The van der Waals surface area contributed by atoms with E-state index >= 15 is 0 Å². The molecule has 3 aromatic heterocycles. The van der Waals surface area contributed by atoms with Crippen LogP contribution in [0.3, 0.4) is 0 Å². The third kappa shape index (κ3) is 5.94. The molecular formula is C25H24F3N5OS. The molecule has 4 aromatic rings. The molecule has 0 unspecified atom stereocenters. The highest BCUT2D eigenvalue weighted by atomic mass is 32.2. The lowest BCUT2D eigenvalue weighted by Gasteiger charge is -2.13. The molecule has 3 heterocycles. The van der Waals surface area contributed by atoms with Crippen molar-refractivity contribution in [1.82, 2.24) is 19.9 Å². The number of benzene rings is 1. The molecule has 1 aromatic carbocycles. The molecule has 0 atom stereocenters. The number of thioether (sulfide) groups is 1. The number of nitrogens with one attached hydrogen (secondary N) is 1. The van der Waals surface area contributed by atoms with Gasteiger partial charge in [0.25, 0.3) is 5.91 Å². The van der Waals surface area contributed by atoms with E-state index in [1.807, 2.05) is 46.1 Å². The number of aromatic nitrogens is 4. The average Bonchev–Trinajstić information content (AvgIpc) is 2.85. The Kier molecular flexibility index (Phi) is 8.06. The fraction of sp³-hybridized carbons (Fsp3) is 0.240. The molecule has 182 valence electrons. The predicted molar refractivity (Wildman–Crippen MR) is 133 cm³/mol. The van der Waals surface area contributed by atoms with Gasteiger partial charge in [0.05, 0.1) is 0 Å². The highest BCUT2D eigenvalue weighted by molar-refractivity contribution is 7.98. The summed E-state index contributed by atoms with van der Waals surface area (Å²) >= 11 is 1.43. The summed E-state index contributed by atoms with van der Waals surface area (Å²) in [5.74, 6) is -0.663. The van der Waals surface area contributed by atoms with Crippen LogP contribution in [0.1, 0.15) is 41.2 Å². The normalized spacial score (nSPS) is 11.1. The number of anilines is 1. The fourth-order valence-electron chi connectivity index (χ4n) is 3.33. The van der Waals surface area contributed by atoms with Gasteiger partial charge >= 0.3 is 6.18 Å². The van der Waals surface area contributed by atoms with Gasteiger partial charge in [-0.1, -0.05) is 31.7 Å². The number of amides is 1. The molecule has 35 heavy (non-hydrogen) atoms. The van der Waals surface area contributed by atoms with Crippen molar-refractivity contribution in [1.29, 1.82) is 0 Å². The zero-order valence-corrected chi connectivity index (χ0v) is 20.7. The number of rotatable bonds is 4. The van der Waals surface area contributed by atoms with Crippen LogP contribution in [0.15, 0.2) is 53.9 Å². The molecule has 0 saturated carbocycles. The van der Waals surface area contributed by atoms with E-state index in [0.29, 0.717) is 16.5 Å². The first-order valence-corrected chi connectivity index (χ1v) is 12.0. The number of alkyl halides is 3. The van der Waals surface area contributed by atoms with Crippen molar-refractivity contribution in [2.45, 2.75) is 39.0 Å². The van der Waals surface area contributed by atoms with Crippen molar-refractivity contribution in [3.8, 4) is 11.1 Å². The van der Waals surface area contributed by atoms with Crippen LogP contribution in [0, 0.1) is 13.8 Å². The third-order valence-corrected chi connectivity index (χ3v) is 5.58. The van der Waals surface area contributed by atoms with E-state index in [1.54, 1.807) is 18.3 Å². The van der Waals surface area contributed by atoms with Crippen molar-refractivity contribution in [2.24, 2.45) is 0 Å². The molecule has 0 saturated heterocycles. The van der Waals surface area contributed by atoms with Crippen LogP contribution in [0.2, 0.25) is 0 Å². The van der Waals surface area contributed by atoms with E-state index in [4.69, 9.17) is 0 Å². The Bertz CT molecular complexity index is 1380. The van der Waals surface area contributed by atoms with Crippen molar-refractivity contribution >= 4 is 34.4 Å². The Balaban J connectivity index is 0.00000167. The van der Waals surface area contributed by atoms with Crippen LogP contribution < -0.4 is 5.32 Å². The molecule has 0 spiro atoms. The first kappa shape index (κ1) is 26.1. The van der Waals surface area contributed by atoms with Crippen molar-refractivity contribution < 1.29 is 18.0 Å². The summed E-state index contributed by atoms with van der Waals surface area (Å²) in [5.41, 5.74) is 3.16. The van der Waals surface area contributed by atoms with E-state index in [1.165, 1.54) is 17.8 Å². The number of carbonyl (C=O) groups excluding carboxylic acids is 1. The highest BCUT2D eigenvalue weighted by Gasteiger charge is 2.33. The van der Waals surface area contributed by atoms with Crippen molar-refractivity contribution in [3.63, 3.8) is 0 Å². The first-order chi connectivity index (χ1) is 16.7.